The fraction of sp³-hybridized carbons (Fsp3) is 0.158. The third kappa shape index (κ3) is 3.68. The molecular weight excluding hydrogens is 368 g/mol. The van der Waals surface area contributed by atoms with Crippen molar-refractivity contribution in [2.24, 2.45) is 4.99 Å². The number of carboxylic acid groups (broad SMARTS) is 1. The minimum Gasteiger partial charge on any atom is -0.508 e. The number of benzene rings is 2. The zero-order valence-electron chi connectivity index (χ0n) is 14.4. The molecule has 138 valence electrons. The number of phenolic OH excluding ortho intramolecular Hbond substituents is 1. The summed E-state index contributed by atoms with van der Waals surface area (Å²) in [4.78, 5) is 17.2. The molecule has 1 atom stereocenters. The molecule has 0 aliphatic carbocycles. The predicted octanol–water partition coefficient (Wildman–Crippen LogP) is 3.52. The fourth-order valence-electron chi connectivity index (χ4n) is 2.98. The lowest BCUT2D eigenvalue weighted by Crippen LogP contribution is -2.41. The number of carboxylic acids is 1. The topological polar surface area (TPSA) is 121 Å². The first-order chi connectivity index (χ1) is 12.8. The van der Waals surface area contributed by atoms with Crippen molar-refractivity contribution in [2.45, 2.75) is 19.4 Å². The van der Waals surface area contributed by atoms with Gasteiger partial charge in [-0.2, -0.15) is 0 Å². The molecule has 0 fully saturated rings. The zero-order valence-corrected chi connectivity index (χ0v) is 15.2. The number of aliphatic imine (C=N–C) groups is 1. The van der Waals surface area contributed by atoms with E-state index in [2.05, 4.69) is 4.99 Å². The number of halogens is 1. The van der Waals surface area contributed by atoms with Crippen molar-refractivity contribution in [3.8, 4) is 5.75 Å². The molecule has 4 N–H and O–H groups in total. The van der Waals surface area contributed by atoms with Crippen LogP contribution in [0.2, 0.25) is 5.02 Å². The molecule has 1 aliphatic rings. The first-order valence-electron chi connectivity index (χ1n) is 8.10. The molecule has 0 radical (unpaired) electrons. The van der Waals surface area contributed by atoms with Crippen molar-refractivity contribution in [1.29, 1.82) is 10.8 Å². The molecule has 7 nitrogen and oxygen atoms in total. The number of fused-ring (bicyclic) bond motifs is 1. The first kappa shape index (κ1) is 18.6. The maximum Gasteiger partial charge on any atom is 0.305 e. The summed E-state index contributed by atoms with van der Waals surface area (Å²) in [7, 11) is 0. The average Bonchev–Trinajstić information content (AvgIpc) is 2.70. The number of hydrogen-bond donors (Lipinski definition) is 4. The summed E-state index contributed by atoms with van der Waals surface area (Å²) in [6, 6.07) is 10.4. The highest BCUT2D eigenvalue weighted by Crippen LogP contribution is 2.32. The van der Waals surface area contributed by atoms with Crippen LogP contribution in [-0.4, -0.2) is 39.6 Å². The third-order valence-electron chi connectivity index (χ3n) is 4.14. The van der Waals surface area contributed by atoms with Crippen LogP contribution in [-0.2, 0) is 4.79 Å². The summed E-state index contributed by atoms with van der Waals surface area (Å²) in [6.45, 7) is 1.51. The van der Waals surface area contributed by atoms with Gasteiger partial charge in [0.1, 0.15) is 23.5 Å². The molecule has 0 bridgehead atoms. The molecule has 0 saturated heterocycles. The van der Waals surface area contributed by atoms with Gasteiger partial charge in [0.15, 0.2) is 0 Å². The van der Waals surface area contributed by atoms with Crippen LogP contribution >= 0.6 is 11.6 Å². The lowest BCUT2D eigenvalue weighted by Gasteiger charge is -2.26. The summed E-state index contributed by atoms with van der Waals surface area (Å²) in [5.41, 5.74) is 2.07. The number of aliphatic carboxylic acids is 1. The number of hydrogen-bond acceptors (Lipinski definition) is 5. The minimum absolute atomic E-state index is 0.00112. The number of rotatable bonds is 3. The number of nitrogens with one attached hydrogen (secondary N) is 2. The van der Waals surface area contributed by atoms with Crippen LogP contribution in [0, 0.1) is 10.8 Å². The number of benzodiazepines with no additional fused rings is 1. The lowest BCUT2D eigenvalue weighted by atomic mass is 9.99. The SMILES string of the molecule is CC(=N)N1C(=N)C(CC(=O)O)N=C(c2ccc(Cl)cc2)c2cc(O)ccc21. The van der Waals surface area contributed by atoms with E-state index in [1.165, 1.54) is 24.0 Å². The van der Waals surface area contributed by atoms with Crippen molar-refractivity contribution in [1.82, 2.24) is 0 Å². The second kappa shape index (κ2) is 7.20. The van der Waals surface area contributed by atoms with Crippen LogP contribution in [0.15, 0.2) is 47.5 Å². The van der Waals surface area contributed by atoms with Gasteiger partial charge in [0.05, 0.1) is 17.8 Å². The Morgan fingerprint density at radius 2 is 1.93 bits per heavy atom. The Hall–Kier alpha value is -3.19. The van der Waals surface area contributed by atoms with E-state index in [0.717, 1.165) is 0 Å². The summed E-state index contributed by atoms with van der Waals surface area (Å²) in [6.07, 6.45) is -0.389. The predicted molar refractivity (Wildman–Crippen MR) is 105 cm³/mol. The average molecular weight is 385 g/mol. The molecule has 0 saturated carbocycles. The van der Waals surface area contributed by atoms with Gasteiger partial charge in [0, 0.05) is 16.1 Å². The van der Waals surface area contributed by atoms with Crippen LogP contribution in [0.3, 0.4) is 0 Å². The van der Waals surface area contributed by atoms with E-state index >= 15 is 0 Å². The van der Waals surface area contributed by atoms with Gasteiger partial charge in [0.25, 0.3) is 0 Å². The van der Waals surface area contributed by atoms with E-state index in [1.807, 2.05) is 0 Å². The van der Waals surface area contributed by atoms with E-state index in [4.69, 9.17) is 22.4 Å². The molecular formula is C19H17ClN4O3. The van der Waals surface area contributed by atoms with Crippen molar-refractivity contribution in [3.05, 3.63) is 58.6 Å². The van der Waals surface area contributed by atoms with Gasteiger partial charge < -0.3 is 10.2 Å². The summed E-state index contributed by atoms with van der Waals surface area (Å²) in [5, 5.41) is 36.3. The standard InChI is InChI=1S/C19H17ClN4O3/c1-10(21)24-16-7-6-13(25)8-14(16)18(11-2-4-12(20)5-3-11)23-15(19(24)22)9-17(26)27/h2-8,15,21-22,25H,9H2,1H3,(H,26,27). The largest absolute Gasteiger partial charge is 0.508 e. The van der Waals surface area contributed by atoms with Crippen molar-refractivity contribution >= 4 is 40.6 Å². The van der Waals surface area contributed by atoms with E-state index in [1.54, 1.807) is 30.3 Å². The molecule has 8 heteroatoms. The summed E-state index contributed by atoms with van der Waals surface area (Å²) < 4.78 is 0. The minimum atomic E-state index is -1.10. The van der Waals surface area contributed by atoms with Crippen LogP contribution < -0.4 is 4.90 Å². The molecule has 0 amide bonds. The number of amidine groups is 2. The highest BCUT2D eigenvalue weighted by molar-refractivity contribution is 6.31. The first-order valence-corrected chi connectivity index (χ1v) is 8.48. The molecule has 2 aromatic carbocycles. The van der Waals surface area contributed by atoms with Crippen molar-refractivity contribution < 1.29 is 15.0 Å². The number of carbonyl (C=O) groups is 1. The van der Waals surface area contributed by atoms with Gasteiger partial charge in [-0.25, -0.2) is 0 Å². The molecule has 2 aromatic rings. The van der Waals surface area contributed by atoms with Gasteiger partial charge in [-0.3, -0.25) is 25.5 Å². The summed E-state index contributed by atoms with van der Waals surface area (Å²) >= 11 is 5.97. The zero-order chi connectivity index (χ0) is 19.7. The Balaban J connectivity index is 2.29. The molecule has 27 heavy (non-hydrogen) atoms. The third-order valence-corrected chi connectivity index (χ3v) is 4.39. The van der Waals surface area contributed by atoms with Crippen molar-refractivity contribution in [3.63, 3.8) is 0 Å². The van der Waals surface area contributed by atoms with Gasteiger partial charge in [-0.05, 0) is 37.3 Å². The number of nitrogens with zero attached hydrogens (tertiary/aromatic N) is 2. The highest BCUT2D eigenvalue weighted by atomic mass is 35.5. The van der Waals surface area contributed by atoms with Crippen LogP contribution in [0.25, 0.3) is 0 Å². The number of phenols is 1. The van der Waals surface area contributed by atoms with E-state index < -0.39 is 12.0 Å². The monoisotopic (exact) mass is 384 g/mol. The molecule has 0 spiro atoms. The Morgan fingerprint density at radius 3 is 2.52 bits per heavy atom. The Kier molecular flexibility index (Phi) is 4.96. The molecule has 0 aromatic heterocycles. The Bertz CT molecular complexity index is 969. The number of aromatic hydroxyl groups is 1. The quantitative estimate of drug-likeness (QED) is 0.477. The molecule has 3 rings (SSSR count). The molecule has 1 aliphatic heterocycles. The highest BCUT2D eigenvalue weighted by Gasteiger charge is 2.32. The maximum absolute atomic E-state index is 11.3. The second-order valence-corrected chi connectivity index (χ2v) is 6.54. The van der Waals surface area contributed by atoms with Crippen LogP contribution in [0.4, 0.5) is 5.69 Å². The Labute approximate surface area is 160 Å². The fourth-order valence-corrected chi connectivity index (χ4v) is 3.11. The van der Waals surface area contributed by atoms with Crippen molar-refractivity contribution in [2.75, 3.05) is 4.90 Å². The van der Waals surface area contributed by atoms with Gasteiger partial charge >= 0.3 is 5.97 Å². The summed E-state index contributed by atoms with van der Waals surface area (Å²) in [5.74, 6) is -1.16. The van der Waals surface area contributed by atoms with E-state index in [9.17, 15) is 15.0 Å². The molecule has 1 heterocycles. The second-order valence-electron chi connectivity index (χ2n) is 6.11. The van der Waals surface area contributed by atoms with Gasteiger partial charge in [-0.1, -0.05) is 23.7 Å². The van der Waals surface area contributed by atoms with E-state index in [0.29, 0.717) is 27.5 Å². The maximum atomic E-state index is 11.3. The molecule has 1 unspecified atom stereocenters. The van der Waals surface area contributed by atoms with E-state index in [-0.39, 0.29) is 23.8 Å². The normalized spacial score (nSPS) is 16.4. The van der Waals surface area contributed by atoms with Crippen LogP contribution in [0.1, 0.15) is 24.5 Å². The van der Waals surface area contributed by atoms with Crippen LogP contribution in [0.5, 0.6) is 5.75 Å². The lowest BCUT2D eigenvalue weighted by molar-refractivity contribution is -0.137. The smallest absolute Gasteiger partial charge is 0.305 e. The Morgan fingerprint density at radius 1 is 1.26 bits per heavy atom. The van der Waals surface area contributed by atoms with Gasteiger partial charge in [-0.15, -0.1) is 0 Å². The number of anilines is 1. The van der Waals surface area contributed by atoms with Gasteiger partial charge in [0.2, 0.25) is 0 Å².